The normalized spacial score (nSPS) is 16.9. The predicted molar refractivity (Wildman–Crippen MR) is 67.8 cm³/mol. The summed E-state index contributed by atoms with van der Waals surface area (Å²) in [6, 6.07) is 0. The van der Waals surface area contributed by atoms with Crippen LogP contribution in [0.2, 0.25) is 0 Å². The van der Waals surface area contributed by atoms with Crippen LogP contribution in [0.25, 0.3) is 0 Å². The average Bonchev–Trinajstić information content (AvgIpc) is 2.03. The molecule has 0 rings (SSSR count). The Morgan fingerprint density at radius 1 is 1.57 bits per heavy atom. The monoisotopic (exact) mass is 260 g/mol. The maximum absolute atomic E-state index is 5.93. The van der Waals surface area contributed by atoms with Gasteiger partial charge in [0.05, 0.1) is 4.32 Å². The Balaban J connectivity index is 4.59. The zero-order valence-corrected chi connectivity index (χ0v) is 11.2. The van der Waals surface area contributed by atoms with Gasteiger partial charge in [-0.05, 0) is 19.3 Å². The molecule has 0 radical (unpaired) electrons. The van der Waals surface area contributed by atoms with Crippen molar-refractivity contribution in [2.75, 3.05) is 0 Å². The molecule has 0 aromatic carbocycles. The highest BCUT2D eigenvalue weighted by molar-refractivity contribution is 9.10. The van der Waals surface area contributed by atoms with Gasteiger partial charge in [0.25, 0.3) is 0 Å². The van der Waals surface area contributed by atoms with Crippen molar-refractivity contribution in [3.8, 4) is 0 Å². The Bertz CT molecular complexity index is 229. The van der Waals surface area contributed by atoms with Crippen molar-refractivity contribution in [3.05, 3.63) is 12.3 Å². The van der Waals surface area contributed by atoms with E-state index in [0.717, 1.165) is 18.5 Å². The topological polar surface area (TPSA) is 38.4 Å². The summed E-state index contributed by atoms with van der Waals surface area (Å²) >= 11 is 3.59. The fourth-order valence-electron chi connectivity index (χ4n) is 0.920. The van der Waals surface area contributed by atoms with Crippen molar-refractivity contribution in [1.82, 2.24) is 0 Å². The molecule has 14 heavy (non-hydrogen) atoms. The lowest BCUT2D eigenvalue weighted by atomic mass is 9.97. The van der Waals surface area contributed by atoms with Crippen molar-refractivity contribution in [1.29, 1.82) is 0 Å². The molecule has 1 unspecified atom stereocenters. The zero-order chi connectivity index (χ0) is 11.4. The number of hydrogen-bond acceptors (Lipinski definition) is 1. The number of halogens is 1. The summed E-state index contributed by atoms with van der Waals surface area (Å²) in [6.07, 6.45) is 1.96. The van der Waals surface area contributed by atoms with Crippen LogP contribution in [-0.2, 0) is 0 Å². The minimum atomic E-state index is -0.232. The van der Waals surface area contributed by atoms with E-state index < -0.39 is 0 Å². The molecular formula is C11H21BrN2. The summed E-state index contributed by atoms with van der Waals surface area (Å²) in [7, 11) is 0. The average molecular weight is 261 g/mol. The van der Waals surface area contributed by atoms with Crippen LogP contribution in [0, 0.1) is 5.92 Å². The minimum absolute atomic E-state index is 0.232. The Kier molecular flexibility index (Phi) is 5.42. The number of aliphatic imine (C=N–C) groups is 1. The van der Waals surface area contributed by atoms with E-state index in [-0.39, 0.29) is 4.32 Å². The van der Waals surface area contributed by atoms with Crippen LogP contribution in [0.5, 0.6) is 0 Å². The zero-order valence-electron chi connectivity index (χ0n) is 9.60. The van der Waals surface area contributed by atoms with E-state index in [1.807, 2.05) is 6.92 Å². The molecule has 0 aliphatic rings. The third-order valence-electron chi connectivity index (χ3n) is 2.40. The van der Waals surface area contributed by atoms with Crippen LogP contribution in [0.3, 0.4) is 0 Å². The molecule has 0 aromatic heterocycles. The maximum Gasteiger partial charge on any atom is 0.116 e. The maximum atomic E-state index is 5.93. The van der Waals surface area contributed by atoms with Gasteiger partial charge in [-0.3, -0.25) is 0 Å². The molecule has 2 N–H and O–H groups in total. The van der Waals surface area contributed by atoms with E-state index in [1.165, 1.54) is 0 Å². The van der Waals surface area contributed by atoms with Crippen molar-refractivity contribution < 1.29 is 0 Å². The molecule has 0 saturated carbocycles. The second kappa shape index (κ2) is 5.54. The van der Waals surface area contributed by atoms with Crippen LogP contribution >= 0.6 is 15.9 Å². The fourth-order valence-corrected chi connectivity index (χ4v) is 1.01. The Morgan fingerprint density at radius 2 is 2.07 bits per heavy atom. The minimum Gasteiger partial charge on any atom is -0.386 e. The number of amidine groups is 1. The summed E-state index contributed by atoms with van der Waals surface area (Å²) in [6.45, 7) is 12.2. The first-order valence-corrected chi connectivity index (χ1v) is 5.83. The number of nitrogens with zero attached hydrogens (tertiary/aromatic N) is 1. The lowest BCUT2D eigenvalue weighted by Gasteiger charge is -2.26. The highest BCUT2D eigenvalue weighted by Crippen LogP contribution is 2.27. The van der Waals surface area contributed by atoms with Gasteiger partial charge in [-0.15, -0.1) is 0 Å². The molecule has 0 aliphatic carbocycles. The van der Waals surface area contributed by atoms with Gasteiger partial charge >= 0.3 is 0 Å². The molecule has 3 heteroatoms. The third-order valence-corrected chi connectivity index (χ3v) is 3.72. The van der Waals surface area contributed by atoms with Crippen LogP contribution < -0.4 is 5.73 Å². The molecule has 0 aliphatic heterocycles. The second-order valence-electron chi connectivity index (χ2n) is 4.04. The number of rotatable bonds is 5. The second-order valence-corrected chi connectivity index (χ2v) is 5.69. The lowest BCUT2D eigenvalue weighted by Crippen LogP contribution is -2.40. The predicted octanol–water partition coefficient (Wildman–Crippen LogP) is 3.47. The molecule has 0 bridgehead atoms. The van der Waals surface area contributed by atoms with E-state index in [2.05, 4.69) is 48.3 Å². The number of hydrogen-bond donors (Lipinski definition) is 1. The van der Waals surface area contributed by atoms with Crippen molar-refractivity contribution in [2.45, 2.75) is 44.9 Å². The summed E-state index contributed by atoms with van der Waals surface area (Å²) in [5.74, 6) is 1.02. The van der Waals surface area contributed by atoms with Gasteiger partial charge in [0.1, 0.15) is 5.84 Å². The van der Waals surface area contributed by atoms with E-state index in [1.54, 1.807) is 0 Å². The molecule has 82 valence electrons. The third kappa shape index (κ3) is 3.82. The van der Waals surface area contributed by atoms with Gasteiger partial charge in [-0.1, -0.05) is 49.7 Å². The highest BCUT2D eigenvalue weighted by atomic mass is 79.9. The van der Waals surface area contributed by atoms with Gasteiger partial charge in [0, 0.05) is 5.70 Å². The molecule has 0 amide bonds. The largest absolute Gasteiger partial charge is 0.386 e. The number of alkyl halides is 1. The summed E-state index contributed by atoms with van der Waals surface area (Å²) in [5, 5.41) is 0. The quantitative estimate of drug-likeness (QED) is 0.459. The van der Waals surface area contributed by atoms with Crippen LogP contribution in [0.15, 0.2) is 17.3 Å². The van der Waals surface area contributed by atoms with Gasteiger partial charge in [0.2, 0.25) is 0 Å². The van der Waals surface area contributed by atoms with Crippen molar-refractivity contribution in [3.63, 3.8) is 0 Å². The Labute approximate surface area is 95.8 Å². The summed E-state index contributed by atoms with van der Waals surface area (Å²) in [5.41, 5.74) is 6.78. The fraction of sp³-hybridized carbons (Fsp3) is 0.727. The van der Waals surface area contributed by atoms with Gasteiger partial charge in [-0.2, -0.15) is 0 Å². The summed E-state index contributed by atoms with van der Waals surface area (Å²) in [4.78, 5) is 4.31. The first-order chi connectivity index (χ1) is 6.32. The van der Waals surface area contributed by atoms with Gasteiger partial charge < -0.3 is 5.73 Å². The van der Waals surface area contributed by atoms with Gasteiger partial charge in [-0.25, -0.2) is 4.99 Å². The van der Waals surface area contributed by atoms with E-state index in [4.69, 9.17) is 5.73 Å². The Hall–Kier alpha value is -0.310. The highest BCUT2D eigenvalue weighted by Gasteiger charge is 2.29. The van der Waals surface area contributed by atoms with E-state index >= 15 is 0 Å². The van der Waals surface area contributed by atoms with Crippen LogP contribution in [-0.4, -0.2) is 10.2 Å². The van der Waals surface area contributed by atoms with Gasteiger partial charge in [0.15, 0.2) is 0 Å². The molecule has 0 aromatic rings. The smallest absolute Gasteiger partial charge is 0.116 e. The standard InChI is InChI=1S/C11H21BrN2/c1-6-7-9(4)14-10(13)11(5,12)8(2)3/h8H,4,6-7H2,1-3,5H3,(H2,13,14). The molecule has 1 atom stereocenters. The molecule has 0 saturated heterocycles. The van der Waals surface area contributed by atoms with Crippen LogP contribution in [0.1, 0.15) is 40.5 Å². The molecule has 0 spiro atoms. The van der Waals surface area contributed by atoms with Crippen LogP contribution in [0.4, 0.5) is 0 Å². The van der Waals surface area contributed by atoms with Crippen molar-refractivity contribution >= 4 is 21.8 Å². The van der Waals surface area contributed by atoms with E-state index in [0.29, 0.717) is 11.8 Å². The molecule has 2 nitrogen and oxygen atoms in total. The van der Waals surface area contributed by atoms with E-state index in [9.17, 15) is 0 Å². The molecule has 0 fully saturated rings. The first kappa shape index (κ1) is 13.7. The summed E-state index contributed by atoms with van der Waals surface area (Å²) < 4.78 is -0.232. The molecular weight excluding hydrogens is 240 g/mol. The van der Waals surface area contributed by atoms with Crippen molar-refractivity contribution in [2.24, 2.45) is 16.6 Å². The molecule has 0 heterocycles. The lowest BCUT2D eigenvalue weighted by molar-refractivity contribution is 0.579. The Morgan fingerprint density at radius 3 is 2.43 bits per heavy atom. The number of nitrogens with two attached hydrogens (primary N) is 1. The number of allylic oxidation sites excluding steroid dienone is 1. The first-order valence-electron chi connectivity index (χ1n) is 5.03. The SMILES string of the molecule is C=C(CCC)N=C(N)C(C)(Br)C(C)C.